The molecular weight excluding hydrogens is 777 g/mol. The molecule has 4 nitrogen and oxygen atoms in total. The first-order valence-electron chi connectivity index (χ1n) is 22.0. The van der Waals surface area contributed by atoms with Crippen LogP contribution in [0.5, 0.6) is 0 Å². The number of rotatable bonds is 5. The van der Waals surface area contributed by atoms with Crippen molar-refractivity contribution in [3.8, 4) is 73.2 Å². The SMILES string of the molecule is Cc1ccc(-c2nc(-c3ccccc3)nc(-c3ccccc3)n2)cc1-c1cc(-n2c3ccccc3c3ccc4c(c32)-c2ccccc2C42c3ccccc3-c3ccccc32)ccc1C. The Morgan fingerprint density at radius 2 is 0.859 bits per heavy atom. The van der Waals surface area contributed by atoms with Crippen LogP contribution in [0.4, 0.5) is 0 Å². The van der Waals surface area contributed by atoms with E-state index in [-0.39, 0.29) is 0 Å². The number of nitrogens with zero attached hydrogens (tertiary/aromatic N) is 4. The smallest absolute Gasteiger partial charge is 0.164 e. The molecular formula is C60H40N4. The van der Waals surface area contributed by atoms with Crippen LogP contribution >= 0.6 is 0 Å². The van der Waals surface area contributed by atoms with Gasteiger partial charge in [-0.05, 0) is 99.3 Å². The molecule has 0 bridgehead atoms. The van der Waals surface area contributed by atoms with Crippen LogP contribution in [0.25, 0.3) is 95.0 Å². The van der Waals surface area contributed by atoms with Crippen molar-refractivity contribution in [2.75, 3.05) is 0 Å². The summed E-state index contributed by atoms with van der Waals surface area (Å²) >= 11 is 0. The molecule has 0 saturated heterocycles. The number of hydrogen-bond donors (Lipinski definition) is 0. The van der Waals surface area contributed by atoms with E-state index in [1.807, 2.05) is 36.4 Å². The Balaban J connectivity index is 1.04. The van der Waals surface area contributed by atoms with Crippen molar-refractivity contribution in [3.63, 3.8) is 0 Å². The van der Waals surface area contributed by atoms with Crippen molar-refractivity contribution in [1.82, 2.24) is 19.5 Å². The molecule has 0 fully saturated rings. The molecule has 300 valence electrons. The van der Waals surface area contributed by atoms with Crippen LogP contribution in [0, 0.1) is 13.8 Å². The summed E-state index contributed by atoms with van der Waals surface area (Å²) in [5.41, 5.74) is 21.2. The van der Waals surface area contributed by atoms with Crippen molar-refractivity contribution >= 4 is 21.8 Å². The first-order valence-corrected chi connectivity index (χ1v) is 22.0. The van der Waals surface area contributed by atoms with Crippen molar-refractivity contribution in [1.29, 1.82) is 0 Å². The summed E-state index contributed by atoms with van der Waals surface area (Å²) in [5, 5.41) is 2.49. The lowest BCUT2D eigenvalue weighted by atomic mass is 9.70. The molecule has 2 heterocycles. The van der Waals surface area contributed by atoms with E-state index in [1.165, 1.54) is 83.0 Å². The van der Waals surface area contributed by atoms with Gasteiger partial charge in [0.25, 0.3) is 0 Å². The summed E-state index contributed by atoms with van der Waals surface area (Å²) in [5.74, 6) is 1.94. The van der Waals surface area contributed by atoms with Crippen LogP contribution in [0.2, 0.25) is 0 Å². The minimum Gasteiger partial charge on any atom is -0.309 e. The third-order valence-corrected chi connectivity index (χ3v) is 13.8. The molecule has 0 radical (unpaired) electrons. The lowest BCUT2D eigenvalue weighted by molar-refractivity contribution is 0.794. The quantitative estimate of drug-likeness (QED) is 0.174. The van der Waals surface area contributed by atoms with Crippen LogP contribution in [0.15, 0.2) is 206 Å². The normalized spacial score (nSPS) is 13.0. The zero-order chi connectivity index (χ0) is 42.5. The van der Waals surface area contributed by atoms with Crippen LogP contribution in [-0.2, 0) is 5.41 Å². The van der Waals surface area contributed by atoms with E-state index >= 15 is 0 Å². The fourth-order valence-corrected chi connectivity index (χ4v) is 10.9. The van der Waals surface area contributed by atoms with Crippen LogP contribution in [0.1, 0.15) is 33.4 Å². The van der Waals surface area contributed by atoms with Gasteiger partial charge in [-0.3, -0.25) is 0 Å². The maximum atomic E-state index is 5.10. The van der Waals surface area contributed by atoms with Crippen LogP contribution in [0.3, 0.4) is 0 Å². The number of benzene rings is 9. The molecule has 13 rings (SSSR count). The van der Waals surface area contributed by atoms with Gasteiger partial charge in [0.15, 0.2) is 17.5 Å². The van der Waals surface area contributed by atoms with Gasteiger partial charge >= 0.3 is 0 Å². The number of aryl methyl sites for hydroxylation is 2. The minimum atomic E-state index is -0.430. The molecule has 2 aromatic heterocycles. The second-order valence-corrected chi connectivity index (χ2v) is 17.2. The van der Waals surface area contributed by atoms with E-state index in [0.29, 0.717) is 17.5 Å². The number of aromatic nitrogens is 4. The maximum absolute atomic E-state index is 5.10. The molecule has 4 heteroatoms. The van der Waals surface area contributed by atoms with Crippen LogP contribution < -0.4 is 0 Å². The third kappa shape index (κ3) is 5.14. The van der Waals surface area contributed by atoms with E-state index in [1.54, 1.807) is 0 Å². The second kappa shape index (κ2) is 13.9. The van der Waals surface area contributed by atoms with Gasteiger partial charge in [-0.2, -0.15) is 0 Å². The monoisotopic (exact) mass is 816 g/mol. The largest absolute Gasteiger partial charge is 0.309 e. The third-order valence-electron chi connectivity index (χ3n) is 13.8. The number of hydrogen-bond acceptors (Lipinski definition) is 3. The topological polar surface area (TPSA) is 43.6 Å². The minimum absolute atomic E-state index is 0.430. The van der Waals surface area contributed by atoms with Gasteiger partial charge in [-0.25, -0.2) is 15.0 Å². The van der Waals surface area contributed by atoms with Gasteiger partial charge in [-0.1, -0.05) is 182 Å². The van der Waals surface area contributed by atoms with E-state index in [0.717, 1.165) is 27.9 Å². The highest BCUT2D eigenvalue weighted by molar-refractivity contribution is 6.16. The molecule has 0 saturated carbocycles. The van der Waals surface area contributed by atoms with E-state index in [9.17, 15) is 0 Å². The fourth-order valence-electron chi connectivity index (χ4n) is 10.9. The van der Waals surface area contributed by atoms with Crippen molar-refractivity contribution in [2.24, 2.45) is 0 Å². The van der Waals surface area contributed by atoms with Gasteiger partial charge in [0.1, 0.15) is 0 Å². The summed E-state index contributed by atoms with van der Waals surface area (Å²) in [6, 6.07) is 74.8. The summed E-state index contributed by atoms with van der Waals surface area (Å²) in [6.45, 7) is 4.41. The van der Waals surface area contributed by atoms with Crippen molar-refractivity contribution < 1.29 is 0 Å². The molecule has 0 aliphatic heterocycles. The highest BCUT2D eigenvalue weighted by Gasteiger charge is 2.52. The Labute approximate surface area is 371 Å². The molecule has 0 amide bonds. The van der Waals surface area contributed by atoms with Gasteiger partial charge in [-0.15, -0.1) is 0 Å². The van der Waals surface area contributed by atoms with Crippen LogP contribution in [-0.4, -0.2) is 19.5 Å². The summed E-state index contributed by atoms with van der Waals surface area (Å²) < 4.78 is 2.53. The summed E-state index contributed by atoms with van der Waals surface area (Å²) in [6.07, 6.45) is 0. The molecule has 0 atom stereocenters. The average Bonchev–Trinajstić information content (AvgIpc) is 3.97. The van der Waals surface area contributed by atoms with E-state index in [2.05, 4.69) is 188 Å². The predicted molar refractivity (Wildman–Crippen MR) is 262 cm³/mol. The fraction of sp³-hybridized carbons (Fsp3) is 0.0500. The number of para-hydroxylation sites is 1. The van der Waals surface area contributed by atoms with Gasteiger partial charge in [0.2, 0.25) is 0 Å². The van der Waals surface area contributed by atoms with E-state index < -0.39 is 5.41 Å². The Bertz CT molecular complexity index is 3590. The standard InChI is InChI=1S/C60H40N4/c1-37-29-31-41(59-62-57(39-17-5-3-6-18-39)61-58(63-59)40-19-7-4-8-20-40)35-48(37)49-36-42(32-30-38(49)2)64-54-28-16-12-23-45(54)46-33-34-53-55(56(46)64)47-24-11-15-27-52(47)60(53)50-25-13-9-21-43(50)44-22-10-14-26-51(44)60/h3-36H,1-2H3. The zero-order valence-electron chi connectivity index (χ0n) is 35.4. The van der Waals surface area contributed by atoms with Crippen molar-refractivity contribution in [3.05, 3.63) is 240 Å². The Morgan fingerprint density at radius 3 is 1.50 bits per heavy atom. The van der Waals surface area contributed by atoms with E-state index in [4.69, 9.17) is 15.0 Å². The summed E-state index contributed by atoms with van der Waals surface area (Å²) in [4.78, 5) is 15.2. The Kier molecular flexibility index (Phi) is 7.92. The summed E-state index contributed by atoms with van der Waals surface area (Å²) in [7, 11) is 0. The average molecular weight is 817 g/mol. The first kappa shape index (κ1) is 36.4. The Morgan fingerprint density at radius 1 is 0.359 bits per heavy atom. The molecule has 9 aromatic carbocycles. The lowest BCUT2D eigenvalue weighted by Crippen LogP contribution is -2.25. The molecule has 2 aliphatic rings. The molecule has 0 unspecified atom stereocenters. The molecule has 11 aromatic rings. The molecule has 0 N–H and O–H groups in total. The molecule has 1 spiro atoms. The number of fused-ring (bicyclic) bond motifs is 14. The molecule has 64 heavy (non-hydrogen) atoms. The first-order chi connectivity index (χ1) is 31.6. The van der Waals surface area contributed by atoms with Gasteiger partial charge in [0, 0.05) is 38.7 Å². The lowest BCUT2D eigenvalue weighted by Gasteiger charge is -2.30. The molecule has 2 aliphatic carbocycles. The highest BCUT2D eigenvalue weighted by Crippen LogP contribution is 2.64. The highest BCUT2D eigenvalue weighted by atomic mass is 15.0. The van der Waals surface area contributed by atoms with Crippen molar-refractivity contribution in [2.45, 2.75) is 19.3 Å². The van der Waals surface area contributed by atoms with Gasteiger partial charge in [0.05, 0.1) is 16.4 Å². The second-order valence-electron chi connectivity index (χ2n) is 17.2. The van der Waals surface area contributed by atoms with Gasteiger partial charge < -0.3 is 4.57 Å². The zero-order valence-corrected chi connectivity index (χ0v) is 35.4. The predicted octanol–water partition coefficient (Wildman–Crippen LogP) is 14.6. The Hall–Kier alpha value is -8.21. The maximum Gasteiger partial charge on any atom is 0.164 e.